The van der Waals surface area contributed by atoms with Crippen LogP contribution in [0.1, 0.15) is 29.1 Å². The van der Waals surface area contributed by atoms with Gasteiger partial charge in [-0.15, -0.1) is 0 Å². The molecule has 0 aliphatic carbocycles. The fourth-order valence-electron chi connectivity index (χ4n) is 4.65. The smallest absolute Gasteiger partial charge is 0.297 e. The summed E-state index contributed by atoms with van der Waals surface area (Å²) in [6, 6.07) is 20.7. The van der Waals surface area contributed by atoms with Crippen LogP contribution < -0.4 is 9.64 Å². The molecule has 0 saturated carbocycles. The van der Waals surface area contributed by atoms with Crippen LogP contribution in [0.3, 0.4) is 0 Å². The lowest BCUT2D eigenvalue weighted by atomic mass is 9.88. The van der Waals surface area contributed by atoms with Gasteiger partial charge in [-0.3, -0.25) is 19.3 Å². The van der Waals surface area contributed by atoms with Crippen molar-refractivity contribution < 1.29 is 23.5 Å². The van der Waals surface area contributed by atoms with Crippen LogP contribution in [-0.4, -0.2) is 29.1 Å². The van der Waals surface area contributed by atoms with Gasteiger partial charge in [0.2, 0.25) is 11.6 Å². The van der Waals surface area contributed by atoms with E-state index in [0.29, 0.717) is 34.2 Å². The third-order valence-corrected chi connectivity index (χ3v) is 7.88. The Labute approximate surface area is 223 Å². The second-order valence-corrected chi connectivity index (χ2v) is 10.5. The molecule has 2 atom stereocenters. The number of Topliss-reactive ketones (excluding diaryl/α,β-unsaturated/α-hetero) is 2. The molecule has 37 heavy (non-hydrogen) atoms. The topological polar surface area (TPSA) is 89.7 Å². The van der Waals surface area contributed by atoms with Gasteiger partial charge in [-0.05, 0) is 55.0 Å². The Morgan fingerprint density at radius 2 is 1.86 bits per heavy atom. The van der Waals surface area contributed by atoms with Crippen molar-refractivity contribution in [3.05, 3.63) is 88.6 Å². The summed E-state index contributed by atoms with van der Waals surface area (Å²) in [5, 5.41) is 1.09. The number of hydrogen-bond donors (Lipinski definition) is 0. The molecule has 0 N–H and O–H groups in total. The lowest BCUT2D eigenvalue weighted by Gasteiger charge is -2.24. The van der Waals surface area contributed by atoms with Gasteiger partial charge in [0, 0.05) is 9.86 Å². The number of amides is 1. The molecule has 3 aromatic carbocycles. The molecule has 3 heterocycles. The molecule has 0 spiro atoms. The van der Waals surface area contributed by atoms with Crippen molar-refractivity contribution in [2.45, 2.75) is 13.0 Å². The molecule has 1 aliphatic rings. The molecule has 184 valence electrons. The molecular formula is C28H19BrN2O5S. The minimum absolute atomic E-state index is 0.0435. The molecule has 6 rings (SSSR count). The number of furan rings is 1. The molecule has 0 radical (unpaired) electrons. The second kappa shape index (κ2) is 9.24. The van der Waals surface area contributed by atoms with Gasteiger partial charge in [-0.1, -0.05) is 57.6 Å². The van der Waals surface area contributed by atoms with Gasteiger partial charge < -0.3 is 9.15 Å². The Morgan fingerprint density at radius 1 is 1.08 bits per heavy atom. The molecular weight excluding hydrogens is 556 g/mol. The largest absolute Gasteiger partial charge is 0.494 e. The van der Waals surface area contributed by atoms with Crippen molar-refractivity contribution in [2.24, 2.45) is 5.92 Å². The highest BCUT2D eigenvalue weighted by molar-refractivity contribution is 9.10. The molecule has 2 unspecified atom stereocenters. The number of benzene rings is 3. The molecule has 1 saturated heterocycles. The van der Waals surface area contributed by atoms with E-state index in [4.69, 9.17) is 9.15 Å². The van der Waals surface area contributed by atoms with Crippen LogP contribution in [0.2, 0.25) is 0 Å². The zero-order valence-electron chi connectivity index (χ0n) is 19.5. The SMILES string of the molecule is CCOc1ccc2nc(N3C(=O)C(=O)C(C(=O)c4cc5ccccc5o4)C3c3ccc(Br)cc3)sc2c1. The standard InChI is InChI=1S/C28H19BrN2O5S/c1-2-35-18-11-12-19-22(14-18)37-28(30-19)31-24(15-7-9-17(29)10-8-15)23(26(33)27(31)34)25(32)21-13-16-5-3-4-6-20(16)36-21/h3-14,23-24H,2H2,1H3. The van der Waals surface area contributed by atoms with Crippen molar-refractivity contribution in [1.82, 2.24) is 4.98 Å². The molecule has 7 nitrogen and oxygen atoms in total. The zero-order valence-corrected chi connectivity index (χ0v) is 21.9. The maximum Gasteiger partial charge on any atom is 0.297 e. The average Bonchev–Trinajstić information content (AvgIpc) is 3.58. The quantitative estimate of drug-likeness (QED) is 0.133. The second-order valence-electron chi connectivity index (χ2n) is 8.59. The maximum absolute atomic E-state index is 13.8. The summed E-state index contributed by atoms with van der Waals surface area (Å²) in [4.78, 5) is 46.6. The Hall–Kier alpha value is -3.82. The van der Waals surface area contributed by atoms with Gasteiger partial charge in [0.25, 0.3) is 5.91 Å². The summed E-state index contributed by atoms with van der Waals surface area (Å²) in [6.45, 7) is 2.42. The highest BCUT2D eigenvalue weighted by Crippen LogP contribution is 2.44. The van der Waals surface area contributed by atoms with Crippen molar-refractivity contribution in [1.29, 1.82) is 0 Å². The van der Waals surface area contributed by atoms with Crippen LogP contribution in [0.25, 0.3) is 21.2 Å². The van der Waals surface area contributed by atoms with E-state index >= 15 is 0 Å². The maximum atomic E-state index is 13.8. The number of ether oxygens (including phenoxy) is 1. The monoisotopic (exact) mass is 574 g/mol. The summed E-state index contributed by atoms with van der Waals surface area (Å²) in [5.41, 5.74) is 1.85. The van der Waals surface area contributed by atoms with Crippen LogP contribution in [0, 0.1) is 5.92 Å². The van der Waals surface area contributed by atoms with E-state index in [9.17, 15) is 14.4 Å². The highest BCUT2D eigenvalue weighted by atomic mass is 79.9. The summed E-state index contributed by atoms with van der Waals surface area (Å²) in [6.07, 6.45) is 0. The van der Waals surface area contributed by atoms with Gasteiger partial charge in [0.05, 0.1) is 22.9 Å². The summed E-state index contributed by atoms with van der Waals surface area (Å²) < 4.78 is 13.0. The van der Waals surface area contributed by atoms with E-state index in [1.54, 1.807) is 30.3 Å². The molecule has 1 amide bonds. The van der Waals surface area contributed by atoms with Crippen molar-refractivity contribution in [2.75, 3.05) is 11.5 Å². The number of ketones is 2. The number of anilines is 1. The lowest BCUT2D eigenvalue weighted by molar-refractivity contribution is -0.135. The number of hydrogen-bond acceptors (Lipinski definition) is 7. The van der Waals surface area contributed by atoms with E-state index < -0.39 is 29.4 Å². The third-order valence-electron chi connectivity index (χ3n) is 6.33. The molecule has 1 fully saturated rings. The average molecular weight is 575 g/mol. The van der Waals surface area contributed by atoms with Gasteiger partial charge in [0.15, 0.2) is 10.9 Å². The van der Waals surface area contributed by atoms with Crippen LogP contribution in [0.15, 0.2) is 81.7 Å². The number of fused-ring (bicyclic) bond motifs is 2. The lowest BCUT2D eigenvalue weighted by Crippen LogP contribution is -2.30. The molecule has 2 aromatic heterocycles. The number of para-hydroxylation sites is 1. The number of carbonyl (C=O) groups is 3. The molecule has 5 aromatic rings. The minimum Gasteiger partial charge on any atom is -0.494 e. The minimum atomic E-state index is -1.28. The summed E-state index contributed by atoms with van der Waals surface area (Å²) >= 11 is 4.70. The van der Waals surface area contributed by atoms with E-state index in [-0.39, 0.29) is 5.76 Å². The predicted molar refractivity (Wildman–Crippen MR) is 144 cm³/mol. The number of thiazole rings is 1. The first-order chi connectivity index (χ1) is 17.9. The van der Waals surface area contributed by atoms with Crippen LogP contribution in [0.5, 0.6) is 5.75 Å². The zero-order chi connectivity index (χ0) is 25.7. The first-order valence-electron chi connectivity index (χ1n) is 11.6. The van der Waals surface area contributed by atoms with Gasteiger partial charge in [-0.25, -0.2) is 4.98 Å². The van der Waals surface area contributed by atoms with Crippen LogP contribution in [-0.2, 0) is 9.59 Å². The molecule has 0 bridgehead atoms. The number of aromatic nitrogens is 1. The van der Waals surface area contributed by atoms with Gasteiger partial charge in [-0.2, -0.15) is 0 Å². The first kappa shape index (κ1) is 23.6. The van der Waals surface area contributed by atoms with E-state index in [1.165, 1.54) is 16.2 Å². The number of rotatable bonds is 6. The Kier molecular flexibility index (Phi) is 5.89. The van der Waals surface area contributed by atoms with Crippen LogP contribution >= 0.6 is 27.3 Å². The normalized spacial score (nSPS) is 17.7. The van der Waals surface area contributed by atoms with Gasteiger partial charge >= 0.3 is 0 Å². The first-order valence-corrected chi connectivity index (χ1v) is 13.2. The molecule has 9 heteroatoms. The fraction of sp³-hybridized carbons (Fsp3) is 0.143. The summed E-state index contributed by atoms with van der Waals surface area (Å²) in [7, 11) is 0. The van der Waals surface area contributed by atoms with E-state index in [1.807, 2.05) is 49.4 Å². The fourth-order valence-corrected chi connectivity index (χ4v) is 5.94. The van der Waals surface area contributed by atoms with Gasteiger partial charge in [0.1, 0.15) is 17.3 Å². The molecule has 1 aliphatic heterocycles. The van der Waals surface area contributed by atoms with Crippen molar-refractivity contribution in [3.8, 4) is 5.75 Å². The number of nitrogens with zero attached hydrogens (tertiary/aromatic N) is 2. The number of halogens is 1. The summed E-state index contributed by atoms with van der Waals surface area (Å²) in [5.74, 6) is -2.64. The van der Waals surface area contributed by atoms with E-state index in [0.717, 1.165) is 14.6 Å². The third kappa shape index (κ3) is 4.04. The Balaban J connectivity index is 1.47. The Bertz CT molecular complexity index is 1660. The highest BCUT2D eigenvalue weighted by Gasteiger charge is 2.54. The Morgan fingerprint density at radius 3 is 2.62 bits per heavy atom. The number of carbonyl (C=O) groups excluding carboxylic acids is 3. The van der Waals surface area contributed by atoms with Crippen LogP contribution in [0.4, 0.5) is 5.13 Å². The van der Waals surface area contributed by atoms with E-state index in [2.05, 4.69) is 20.9 Å². The van der Waals surface area contributed by atoms with Crippen molar-refractivity contribution in [3.63, 3.8) is 0 Å². The van der Waals surface area contributed by atoms with Crippen molar-refractivity contribution >= 4 is 71.1 Å². The predicted octanol–water partition coefficient (Wildman–Crippen LogP) is 6.36.